The molecule has 0 bridgehead atoms. The van der Waals surface area contributed by atoms with Crippen LogP contribution in [0.2, 0.25) is 0 Å². The smallest absolute Gasteiger partial charge is 0.407 e. The van der Waals surface area contributed by atoms with Gasteiger partial charge in [0.15, 0.2) is 18.1 Å². The van der Waals surface area contributed by atoms with Crippen molar-refractivity contribution in [1.29, 1.82) is 0 Å². The Balaban J connectivity index is 2.05. The lowest BCUT2D eigenvalue weighted by Crippen LogP contribution is -2.47. The quantitative estimate of drug-likeness (QED) is 0.357. The van der Waals surface area contributed by atoms with E-state index >= 15 is 0 Å². The summed E-state index contributed by atoms with van der Waals surface area (Å²) in [5.74, 6) is -1.06. The molecule has 3 N–H and O–H groups in total. The van der Waals surface area contributed by atoms with Gasteiger partial charge in [0, 0.05) is 6.42 Å². The fourth-order valence-electron chi connectivity index (χ4n) is 2.65. The van der Waals surface area contributed by atoms with Crippen LogP contribution in [0.3, 0.4) is 0 Å². The molecule has 0 aliphatic carbocycles. The van der Waals surface area contributed by atoms with Crippen LogP contribution < -0.4 is 20.2 Å². The van der Waals surface area contributed by atoms with E-state index in [1.807, 2.05) is 30.3 Å². The predicted octanol–water partition coefficient (Wildman–Crippen LogP) is 1.97. The van der Waals surface area contributed by atoms with Crippen LogP contribution in [-0.4, -0.2) is 55.7 Å². The van der Waals surface area contributed by atoms with Gasteiger partial charge in [0.25, 0.3) is 5.91 Å². The largest absolute Gasteiger partial charge is 0.493 e. The van der Waals surface area contributed by atoms with Gasteiger partial charge in [-0.15, -0.1) is 0 Å². The lowest BCUT2D eigenvalue weighted by molar-refractivity contribution is -0.139. The molecule has 2 amide bonds. The Labute approximate surface area is 185 Å². The van der Waals surface area contributed by atoms with Crippen molar-refractivity contribution in [3.05, 3.63) is 59.7 Å². The van der Waals surface area contributed by atoms with Gasteiger partial charge in [-0.3, -0.25) is 4.79 Å². The highest BCUT2D eigenvalue weighted by molar-refractivity contribution is 5.87. The molecule has 2 aromatic carbocycles. The third kappa shape index (κ3) is 7.98. The second-order valence-electron chi connectivity index (χ2n) is 6.43. The van der Waals surface area contributed by atoms with Crippen LogP contribution in [0.15, 0.2) is 53.6 Å². The minimum atomic E-state index is -1.11. The van der Waals surface area contributed by atoms with E-state index in [4.69, 9.17) is 19.3 Å². The Hall–Kier alpha value is -4.08. The summed E-state index contributed by atoms with van der Waals surface area (Å²) in [6, 6.07) is 13.1. The van der Waals surface area contributed by atoms with Gasteiger partial charge < -0.3 is 24.6 Å². The average molecular weight is 443 g/mol. The van der Waals surface area contributed by atoms with Crippen molar-refractivity contribution in [2.45, 2.75) is 19.4 Å². The number of amides is 2. The van der Waals surface area contributed by atoms with Gasteiger partial charge in [-0.25, -0.2) is 15.0 Å². The summed E-state index contributed by atoms with van der Waals surface area (Å²) < 4.78 is 15.2. The number of ether oxygens (including phenoxy) is 3. The first kappa shape index (κ1) is 24.2. The monoisotopic (exact) mass is 443 g/mol. The maximum absolute atomic E-state index is 12.6. The van der Waals surface area contributed by atoms with E-state index in [2.05, 4.69) is 15.8 Å². The zero-order valence-corrected chi connectivity index (χ0v) is 17.7. The first-order valence-corrected chi connectivity index (χ1v) is 9.75. The number of carboxylic acids is 1. The van der Waals surface area contributed by atoms with Gasteiger partial charge in [-0.1, -0.05) is 30.3 Å². The van der Waals surface area contributed by atoms with Crippen molar-refractivity contribution in [3.8, 4) is 11.5 Å². The summed E-state index contributed by atoms with van der Waals surface area (Å²) in [7, 11) is 1.42. The number of alkyl carbamates (subject to hydrolysis) is 1. The summed E-state index contributed by atoms with van der Waals surface area (Å²) >= 11 is 0. The number of nitrogens with one attached hydrogen (secondary N) is 2. The summed E-state index contributed by atoms with van der Waals surface area (Å²) in [6.07, 6.45) is 0.935. The molecule has 0 spiro atoms. The molecule has 0 saturated carbocycles. The van der Waals surface area contributed by atoms with Gasteiger partial charge in [-0.05, 0) is 36.2 Å². The van der Waals surface area contributed by atoms with Crippen LogP contribution in [0.5, 0.6) is 11.5 Å². The van der Waals surface area contributed by atoms with E-state index in [0.29, 0.717) is 11.3 Å². The number of carboxylic acid groups (broad SMARTS) is 1. The molecular formula is C22H25N3O7. The molecule has 10 heteroatoms. The topological polar surface area (TPSA) is 136 Å². The molecule has 2 aromatic rings. The molecular weight excluding hydrogens is 418 g/mol. The second-order valence-corrected chi connectivity index (χ2v) is 6.43. The molecule has 0 aliphatic rings. The second kappa shape index (κ2) is 12.6. The van der Waals surface area contributed by atoms with E-state index in [-0.39, 0.29) is 18.8 Å². The Kier molecular flexibility index (Phi) is 9.51. The lowest BCUT2D eigenvalue weighted by Gasteiger charge is -2.16. The SMILES string of the molecule is CCOC(=O)N[C@H](Cc1ccccc1)C(=O)N/N=C\c1ccc(OCC(=O)O)c(OC)c1. The maximum Gasteiger partial charge on any atom is 0.407 e. The van der Waals surface area contributed by atoms with Crippen LogP contribution in [0.1, 0.15) is 18.1 Å². The number of nitrogens with zero attached hydrogens (tertiary/aromatic N) is 1. The normalized spacial score (nSPS) is 11.4. The van der Waals surface area contributed by atoms with Crippen molar-refractivity contribution >= 4 is 24.2 Å². The van der Waals surface area contributed by atoms with Gasteiger partial charge in [0.05, 0.1) is 19.9 Å². The number of benzene rings is 2. The summed E-state index contributed by atoms with van der Waals surface area (Å²) in [5.41, 5.74) is 3.83. The average Bonchev–Trinajstić information content (AvgIpc) is 2.78. The highest BCUT2D eigenvalue weighted by atomic mass is 16.5. The fourth-order valence-corrected chi connectivity index (χ4v) is 2.65. The van der Waals surface area contributed by atoms with E-state index in [9.17, 15) is 14.4 Å². The Bertz CT molecular complexity index is 948. The van der Waals surface area contributed by atoms with Crippen molar-refractivity contribution < 1.29 is 33.7 Å². The molecule has 0 fully saturated rings. The number of hydrazone groups is 1. The van der Waals surface area contributed by atoms with Crippen LogP contribution in [0, 0.1) is 0 Å². The van der Waals surface area contributed by atoms with Crippen molar-refractivity contribution in [1.82, 2.24) is 10.7 Å². The van der Waals surface area contributed by atoms with Crippen LogP contribution in [0.4, 0.5) is 4.79 Å². The minimum absolute atomic E-state index is 0.178. The first-order chi connectivity index (χ1) is 15.4. The lowest BCUT2D eigenvalue weighted by atomic mass is 10.1. The molecule has 0 heterocycles. The highest BCUT2D eigenvalue weighted by Crippen LogP contribution is 2.27. The van der Waals surface area contributed by atoms with Gasteiger partial charge in [0.2, 0.25) is 0 Å². The zero-order chi connectivity index (χ0) is 23.3. The third-order valence-electron chi connectivity index (χ3n) is 4.09. The number of aliphatic carboxylic acids is 1. The van der Waals surface area contributed by atoms with Crippen molar-refractivity contribution in [3.63, 3.8) is 0 Å². The summed E-state index contributed by atoms with van der Waals surface area (Å²) in [6.45, 7) is 1.34. The van der Waals surface area contributed by atoms with E-state index in [1.165, 1.54) is 19.4 Å². The molecule has 0 aliphatic heterocycles. The van der Waals surface area contributed by atoms with Crippen LogP contribution in [0.25, 0.3) is 0 Å². The molecule has 0 radical (unpaired) electrons. The standard InChI is InChI=1S/C22H25N3O7/c1-3-31-22(29)24-17(11-15-7-5-4-6-8-15)21(28)25-23-13-16-9-10-18(19(12-16)30-2)32-14-20(26)27/h4-10,12-13,17H,3,11,14H2,1-2H3,(H,24,29)(H,25,28)(H,26,27)/b23-13-/t17-/m1/s1. The summed E-state index contributed by atoms with van der Waals surface area (Å²) in [4.78, 5) is 35.1. The molecule has 170 valence electrons. The van der Waals surface area contributed by atoms with Crippen LogP contribution in [-0.2, 0) is 20.7 Å². The number of hydrogen-bond donors (Lipinski definition) is 3. The van der Waals surface area contributed by atoms with Crippen molar-refractivity contribution in [2.24, 2.45) is 5.10 Å². The number of hydrogen-bond acceptors (Lipinski definition) is 7. The first-order valence-electron chi connectivity index (χ1n) is 9.75. The maximum atomic E-state index is 12.6. The third-order valence-corrected chi connectivity index (χ3v) is 4.09. The molecule has 0 unspecified atom stereocenters. The number of rotatable bonds is 11. The number of carbonyl (C=O) groups excluding carboxylic acids is 2. The molecule has 2 rings (SSSR count). The van der Waals surface area contributed by atoms with E-state index in [0.717, 1.165) is 5.56 Å². The highest BCUT2D eigenvalue weighted by Gasteiger charge is 2.21. The Morgan fingerprint density at radius 1 is 1.12 bits per heavy atom. The van der Waals surface area contributed by atoms with Gasteiger partial charge in [0.1, 0.15) is 6.04 Å². The minimum Gasteiger partial charge on any atom is -0.493 e. The van der Waals surface area contributed by atoms with E-state index in [1.54, 1.807) is 19.1 Å². The Morgan fingerprint density at radius 3 is 2.53 bits per heavy atom. The van der Waals surface area contributed by atoms with Gasteiger partial charge in [-0.2, -0.15) is 5.10 Å². The van der Waals surface area contributed by atoms with E-state index < -0.39 is 30.6 Å². The number of methoxy groups -OCH3 is 1. The summed E-state index contributed by atoms with van der Waals surface area (Å²) in [5, 5.41) is 15.2. The molecule has 1 atom stereocenters. The molecule has 0 saturated heterocycles. The zero-order valence-electron chi connectivity index (χ0n) is 17.7. The molecule has 10 nitrogen and oxygen atoms in total. The van der Waals surface area contributed by atoms with Crippen molar-refractivity contribution in [2.75, 3.05) is 20.3 Å². The predicted molar refractivity (Wildman–Crippen MR) is 116 cm³/mol. The number of carbonyl (C=O) groups is 3. The fraction of sp³-hybridized carbons (Fsp3) is 0.273. The van der Waals surface area contributed by atoms with Crippen LogP contribution >= 0.6 is 0 Å². The molecule has 0 aromatic heterocycles. The van der Waals surface area contributed by atoms with Gasteiger partial charge >= 0.3 is 12.1 Å². The molecule has 32 heavy (non-hydrogen) atoms. The Morgan fingerprint density at radius 2 is 1.88 bits per heavy atom.